The van der Waals surface area contributed by atoms with E-state index in [0.29, 0.717) is 6.42 Å². The minimum Gasteiger partial charge on any atom is -0.399 e. The third-order valence-electron chi connectivity index (χ3n) is 1.45. The fraction of sp³-hybridized carbons (Fsp3) is 0.250. The van der Waals surface area contributed by atoms with Crippen molar-refractivity contribution in [1.82, 2.24) is 0 Å². The zero-order valence-electron chi connectivity index (χ0n) is 6.33. The second kappa shape index (κ2) is 3.37. The highest BCUT2D eigenvalue weighted by atomic mass is 14.8. The maximum atomic E-state index is 5.49. The largest absolute Gasteiger partial charge is 0.399 e. The van der Waals surface area contributed by atoms with Gasteiger partial charge in [-0.05, 0) is 17.7 Å². The van der Waals surface area contributed by atoms with Crippen molar-refractivity contribution < 1.29 is 0 Å². The number of nitrogens with two attached hydrogens (primary N) is 3. The molecule has 3 heteroatoms. The van der Waals surface area contributed by atoms with E-state index >= 15 is 0 Å². The van der Waals surface area contributed by atoms with E-state index in [4.69, 9.17) is 17.2 Å². The topological polar surface area (TPSA) is 78.1 Å². The van der Waals surface area contributed by atoms with E-state index in [0.717, 1.165) is 11.3 Å². The lowest BCUT2D eigenvalue weighted by Crippen LogP contribution is -2.32. The highest BCUT2D eigenvalue weighted by Crippen LogP contribution is 2.05. The molecule has 0 saturated heterocycles. The van der Waals surface area contributed by atoms with Gasteiger partial charge in [-0.15, -0.1) is 0 Å². The molecule has 0 fully saturated rings. The molecule has 0 amide bonds. The van der Waals surface area contributed by atoms with Crippen molar-refractivity contribution in [3.05, 3.63) is 29.8 Å². The molecule has 1 rings (SSSR count). The number of hydrogen-bond acceptors (Lipinski definition) is 3. The summed E-state index contributed by atoms with van der Waals surface area (Å²) in [7, 11) is 0. The first-order valence-electron chi connectivity index (χ1n) is 3.54. The summed E-state index contributed by atoms with van der Waals surface area (Å²) >= 11 is 0. The third kappa shape index (κ3) is 2.57. The molecule has 11 heavy (non-hydrogen) atoms. The molecule has 0 aliphatic rings. The van der Waals surface area contributed by atoms with Gasteiger partial charge in [-0.3, -0.25) is 0 Å². The number of rotatable bonds is 2. The minimum absolute atomic E-state index is 0.279. The molecular weight excluding hydrogens is 138 g/mol. The van der Waals surface area contributed by atoms with Crippen molar-refractivity contribution in [2.24, 2.45) is 11.5 Å². The SMILES string of the molecule is Nc1ccc(CC(N)N)cc1. The monoisotopic (exact) mass is 151 g/mol. The van der Waals surface area contributed by atoms with E-state index in [-0.39, 0.29) is 6.17 Å². The van der Waals surface area contributed by atoms with E-state index in [2.05, 4.69) is 0 Å². The molecule has 1 aromatic carbocycles. The second-order valence-electron chi connectivity index (χ2n) is 2.61. The van der Waals surface area contributed by atoms with Crippen molar-refractivity contribution in [1.29, 1.82) is 0 Å². The van der Waals surface area contributed by atoms with Gasteiger partial charge in [0.15, 0.2) is 0 Å². The number of benzene rings is 1. The Labute approximate surface area is 66.2 Å². The van der Waals surface area contributed by atoms with Gasteiger partial charge in [0.1, 0.15) is 0 Å². The number of hydrogen-bond donors (Lipinski definition) is 3. The van der Waals surface area contributed by atoms with Crippen molar-refractivity contribution in [3.63, 3.8) is 0 Å². The van der Waals surface area contributed by atoms with Crippen LogP contribution in [0.4, 0.5) is 5.69 Å². The standard InChI is InChI=1S/C8H13N3/c9-7-3-1-6(2-4-7)5-8(10)11/h1-4,8H,5,9-11H2. The zero-order valence-corrected chi connectivity index (χ0v) is 6.33. The molecule has 3 nitrogen and oxygen atoms in total. The molecule has 0 bridgehead atoms. The maximum absolute atomic E-state index is 5.49. The molecule has 0 saturated carbocycles. The van der Waals surface area contributed by atoms with Crippen LogP contribution in [0, 0.1) is 0 Å². The first-order valence-corrected chi connectivity index (χ1v) is 3.54. The lowest BCUT2D eigenvalue weighted by molar-refractivity contribution is 0.703. The van der Waals surface area contributed by atoms with E-state index < -0.39 is 0 Å². The van der Waals surface area contributed by atoms with Gasteiger partial charge < -0.3 is 17.2 Å². The van der Waals surface area contributed by atoms with E-state index in [1.807, 2.05) is 24.3 Å². The lowest BCUT2D eigenvalue weighted by atomic mass is 10.1. The summed E-state index contributed by atoms with van der Waals surface area (Å²) in [5.41, 5.74) is 18.2. The van der Waals surface area contributed by atoms with Crippen LogP contribution in [0.5, 0.6) is 0 Å². The van der Waals surface area contributed by atoms with Crippen LogP contribution in [0.1, 0.15) is 5.56 Å². The fourth-order valence-electron chi connectivity index (χ4n) is 0.926. The van der Waals surface area contributed by atoms with Gasteiger partial charge in [0.25, 0.3) is 0 Å². The zero-order chi connectivity index (χ0) is 8.27. The fourth-order valence-corrected chi connectivity index (χ4v) is 0.926. The van der Waals surface area contributed by atoms with Crippen molar-refractivity contribution in [3.8, 4) is 0 Å². The molecule has 0 aromatic heterocycles. The van der Waals surface area contributed by atoms with Crippen LogP contribution in [-0.4, -0.2) is 6.17 Å². The smallest absolute Gasteiger partial charge is 0.0562 e. The highest BCUT2D eigenvalue weighted by Gasteiger charge is 1.96. The molecule has 6 N–H and O–H groups in total. The molecule has 0 aliphatic carbocycles. The van der Waals surface area contributed by atoms with Gasteiger partial charge in [0, 0.05) is 12.1 Å². The lowest BCUT2D eigenvalue weighted by Gasteiger charge is -2.04. The van der Waals surface area contributed by atoms with Crippen LogP contribution in [0.15, 0.2) is 24.3 Å². The summed E-state index contributed by atoms with van der Waals surface area (Å²) in [6.45, 7) is 0. The summed E-state index contributed by atoms with van der Waals surface area (Å²) in [4.78, 5) is 0. The minimum atomic E-state index is -0.279. The van der Waals surface area contributed by atoms with Crippen LogP contribution in [0.25, 0.3) is 0 Å². The van der Waals surface area contributed by atoms with Gasteiger partial charge >= 0.3 is 0 Å². The van der Waals surface area contributed by atoms with Crippen LogP contribution in [-0.2, 0) is 6.42 Å². The Bertz CT molecular complexity index is 215. The van der Waals surface area contributed by atoms with Crippen LogP contribution < -0.4 is 17.2 Å². The molecule has 0 spiro atoms. The van der Waals surface area contributed by atoms with Gasteiger partial charge in [-0.2, -0.15) is 0 Å². The summed E-state index contributed by atoms with van der Waals surface area (Å²) in [5, 5.41) is 0. The van der Waals surface area contributed by atoms with Crippen LogP contribution in [0.2, 0.25) is 0 Å². The summed E-state index contributed by atoms with van der Waals surface area (Å²) in [6, 6.07) is 7.56. The van der Waals surface area contributed by atoms with Crippen LogP contribution in [0.3, 0.4) is 0 Å². The second-order valence-corrected chi connectivity index (χ2v) is 2.61. The Balaban J connectivity index is 2.66. The van der Waals surface area contributed by atoms with Crippen molar-refractivity contribution >= 4 is 5.69 Å². The van der Waals surface area contributed by atoms with E-state index in [1.165, 1.54) is 0 Å². The average molecular weight is 151 g/mol. The Morgan fingerprint density at radius 2 is 1.64 bits per heavy atom. The quantitative estimate of drug-likeness (QED) is 0.413. The first kappa shape index (κ1) is 8.04. The summed E-state index contributed by atoms with van der Waals surface area (Å²) in [5.74, 6) is 0. The molecule has 60 valence electrons. The Kier molecular flexibility index (Phi) is 2.46. The number of nitrogen functional groups attached to an aromatic ring is 1. The summed E-state index contributed by atoms with van der Waals surface area (Å²) < 4.78 is 0. The molecule has 0 radical (unpaired) electrons. The average Bonchev–Trinajstić information content (AvgIpc) is 1.93. The van der Waals surface area contributed by atoms with Crippen molar-refractivity contribution in [2.45, 2.75) is 12.6 Å². The van der Waals surface area contributed by atoms with Crippen molar-refractivity contribution in [2.75, 3.05) is 5.73 Å². The van der Waals surface area contributed by atoms with Crippen LogP contribution >= 0.6 is 0 Å². The van der Waals surface area contributed by atoms with Gasteiger partial charge in [0.05, 0.1) is 6.17 Å². The molecule has 0 heterocycles. The predicted octanol–water partition coefficient (Wildman–Crippen LogP) is 0.0548. The third-order valence-corrected chi connectivity index (χ3v) is 1.45. The first-order chi connectivity index (χ1) is 5.18. The molecule has 0 atom stereocenters. The predicted molar refractivity (Wildman–Crippen MR) is 46.7 cm³/mol. The molecular formula is C8H13N3. The molecule has 1 aromatic rings. The Morgan fingerprint density at radius 1 is 1.09 bits per heavy atom. The van der Waals surface area contributed by atoms with Gasteiger partial charge in [0.2, 0.25) is 0 Å². The normalized spacial score (nSPS) is 10.5. The maximum Gasteiger partial charge on any atom is 0.0562 e. The summed E-state index contributed by atoms with van der Waals surface area (Å²) in [6.07, 6.45) is 0.416. The van der Waals surface area contributed by atoms with E-state index in [1.54, 1.807) is 0 Å². The van der Waals surface area contributed by atoms with Gasteiger partial charge in [-0.25, -0.2) is 0 Å². The molecule has 0 aliphatic heterocycles. The highest BCUT2D eigenvalue weighted by molar-refractivity contribution is 5.39. The Morgan fingerprint density at radius 3 is 2.09 bits per heavy atom. The molecule has 0 unspecified atom stereocenters. The Hall–Kier alpha value is -1.06. The van der Waals surface area contributed by atoms with E-state index in [9.17, 15) is 0 Å². The van der Waals surface area contributed by atoms with Gasteiger partial charge in [-0.1, -0.05) is 12.1 Å². The number of anilines is 1.